The Kier molecular flexibility index (Phi) is 6.06. The summed E-state index contributed by atoms with van der Waals surface area (Å²) in [7, 11) is -3.22. The molecule has 2 heterocycles. The minimum atomic E-state index is -3.22. The molecule has 0 radical (unpaired) electrons. The van der Waals surface area contributed by atoms with Crippen molar-refractivity contribution in [3.8, 4) is 5.19 Å². The van der Waals surface area contributed by atoms with Gasteiger partial charge in [-0.15, -0.1) is 0 Å². The van der Waals surface area contributed by atoms with E-state index in [2.05, 4.69) is 4.98 Å². The van der Waals surface area contributed by atoms with Crippen LogP contribution in [0.25, 0.3) is 10.2 Å². The first kappa shape index (κ1) is 20.8. The summed E-state index contributed by atoms with van der Waals surface area (Å²) in [4.78, 5) is 19.3. The number of carbonyl (C=O) groups excluding carboxylic acids is 1. The second kappa shape index (κ2) is 8.73. The number of piperidine rings is 1. The molecule has 30 heavy (non-hydrogen) atoms. The summed E-state index contributed by atoms with van der Waals surface area (Å²) < 4.78 is 31.0. The Morgan fingerprint density at radius 3 is 2.50 bits per heavy atom. The van der Waals surface area contributed by atoms with Gasteiger partial charge in [-0.3, -0.25) is 4.79 Å². The molecule has 8 heteroatoms. The zero-order valence-electron chi connectivity index (χ0n) is 16.8. The molecular formula is C22H24N2O4S2. The largest absolute Gasteiger partial charge is 0.467 e. The van der Waals surface area contributed by atoms with E-state index in [1.54, 1.807) is 42.5 Å². The first-order chi connectivity index (χ1) is 14.4. The highest BCUT2D eigenvalue weighted by Crippen LogP contribution is 2.29. The topological polar surface area (TPSA) is 76.6 Å². The number of rotatable bonds is 6. The number of hydrogen-bond acceptors (Lipinski definition) is 6. The van der Waals surface area contributed by atoms with Crippen molar-refractivity contribution in [3.05, 3.63) is 54.1 Å². The molecule has 0 saturated carbocycles. The Morgan fingerprint density at radius 1 is 1.13 bits per heavy atom. The first-order valence-corrected chi connectivity index (χ1v) is 12.5. The molecule has 0 unspecified atom stereocenters. The number of carbonyl (C=O) groups is 1. The molecule has 2 aromatic carbocycles. The molecule has 3 aromatic rings. The van der Waals surface area contributed by atoms with Crippen LogP contribution in [0.5, 0.6) is 5.19 Å². The number of likely N-dealkylation sites (tertiary alicyclic amines) is 1. The fourth-order valence-corrected chi connectivity index (χ4v) is 5.30. The summed E-state index contributed by atoms with van der Waals surface area (Å²) in [6.07, 6.45) is 1.88. The van der Waals surface area contributed by atoms with Gasteiger partial charge in [-0.05, 0) is 29.8 Å². The van der Waals surface area contributed by atoms with E-state index >= 15 is 0 Å². The molecule has 1 aliphatic heterocycles. The lowest BCUT2D eigenvalue weighted by Gasteiger charge is -2.31. The average Bonchev–Trinajstić information content (AvgIpc) is 3.17. The van der Waals surface area contributed by atoms with Gasteiger partial charge in [0.05, 0.1) is 27.3 Å². The summed E-state index contributed by atoms with van der Waals surface area (Å²) >= 11 is 1.55. The minimum absolute atomic E-state index is 0.0551. The molecule has 6 nitrogen and oxygen atoms in total. The molecule has 0 bridgehead atoms. The Hall–Kier alpha value is -2.45. The van der Waals surface area contributed by atoms with Gasteiger partial charge in [-0.25, -0.2) is 13.4 Å². The van der Waals surface area contributed by atoms with Gasteiger partial charge < -0.3 is 9.64 Å². The fraction of sp³-hybridized carbons (Fsp3) is 0.364. The Labute approximate surface area is 180 Å². The van der Waals surface area contributed by atoms with Crippen LogP contribution >= 0.6 is 11.3 Å². The van der Waals surface area contributed by atoms with Gasteiger partial charge in [0, 0.05) is 25.9 Å². The Bertz CT molecular complexity index is 1100. The first-order valence-electron chi connectivity index (χ1n) is 10.1. The van der Waals surface area contributed by atoms with E-state index in [1.165, 1.54) is 0 Å². The molecule has 0 aliphatic carbocycles. The molecule has 1 saturated heterocycles. The molecular weight excluding hydrogens is 420 g/mol. The predicted molar refractivity (Wildman–Crippen MR) is 118 cm³/mol. The number of thiazole rings is 1. The Morgan fingerprint density at radius 2 is 1.83 bits per heavy atom. The van der Waals surface area contributed by atoms with E-state index in [0.717, 1.165) is 28.6 Å². The number of amides is 1. The van der Waals surface area contributed by atoms with Crippen molar-refractivity contribution >= 4 is 37.3 Å². The molecule has 0 atom stereocenters. The molecule has 158 valence electrons. The van der Waals surface area contributed by atoms with E-state index in [-0.39, 0.29) is 24.2 Å². The van der Waals surface area contributed by atoms with E-state index in [4.69, 9.17) is 4.74 Å². The van der Waals surface area contributed by atoms with E-state index in [1.807, 2.05) is 29.2 Å². The standard InChI is InChI=1S/C22H24N2O4S2/c1-2-30(26,27)18-9-7-16(8-10-18)15-21(25)24-13-11-17(12-14-24)28-22-23-19-5-3-4-6-20(19)29-22/h3-10,17H,2,11-15H2,1H3. The lowest BCUT2D eigenvalue weighted by atomic mass is 10.1. The molecule has 0 N–H and O–H groups in total. The van der Waals surface area contributed by atoms with Crippen LogP contribution in [0.15, 0.2) is 53.4 Å². The average molecular weight is 445 g/mol. The number of para-hydroxylation sites is 1. The van der Waals surface area contributed by atoms with Crippen molar-refractivity contribution in [2.45, 2.75) is 37.2 Å². The third-order valence-corrected chi connectivity index (χ3v) is 8.03. The van der Waals surface area contributed by atoms with Crippen molar-refractivity contribution in [2.24, 2.45) is 0 Å². The minimum Gasteiger partial charge on any atom is -0.467 e. The van der Waals surface area contributed by atoms with Crippen molar-refractivity contribution < 1.29 is 17.9 Å². The SMILES string of the molecule is CCS(=O)(=O)c1ccc(CC(=O)N2CCC(Oc3nc4ccccc4s3)CC2)cc1. The number of hydrogen-bond donors (Lipinski definition) is 0. The maximum atomic E-state index is 12.6. The van der Waals surface area contributed by atoms with E-state index in [0.29, 0.717) is 23.2 Å². The summed E-state index contributed by atoms with van der Waals surface area (Å²) in [5.41, 5.74) is 1.77. The van der Waals surface area contributed by atoms with Crippen LogP contribution in [-0.2, 0) is 21.1 Å². The Balaban J connectivity index is 1.30. The van der Waals surface area contributed by atoms with E-state index < -0.39 is 9.84 Å². The van der Waals surface area contributed by atoms with Crippen molar-refractivity contribution in [3.63, 3.8) is 0 Å². The number of ether oxygens (including phenoxy) is 1. The molecule has 4 rings (SSSR count). The van der Waals surface area contributed by atoms with Gasteiger partial charge in [0.2, 0.25) is 5.91 Å². The quantitative estimate of drug-likeness (QED) is 0.579. The maximum absolute atomic E-state index is 12.6. The van der Waals surface area contributed by atoms with Crippen molar-refractivity contribution in [2.75, 3.05) is 18.8 Å². The monoisotopic (exact) mass is 444 g/mol. The van der Waals surface area contributed by atoms with Gasteiger partial charge >= 0.3 is 0 Å². The van der Waals surface area contributed by atoms with Crippen LogP contribution in [-0.4, -0.2) is 49.2 Å². The van der Waals surface area contributed by atoms with Crippen LogP contribution in [0.4, 0.5) is 0 Å². The summed E-state index contributed by atoms with van der Waals surface area (Å²) in [5.74, 6) is 0.124. The molecule has 1 aromatic heterocycles. The smallest absolute Gasteiger partial charge is 0.274 e. The zero-order chi connectivity index (χ0) is 21.1. The predicted octanol–water partition coefficient (Wildman–Crippen LogP) is 3.70. The van der Waals surface area contributed by atoms with Crippen LogP contribution in [0, 0.1) is 0 Å². The van der Waals surface area contributed by atoms with Gasteiger partial charge in [0.25, 0.3) is 5.19 Å². The number of nitrogens with zero attached hydrogens (tertiary/aromatic N) is 2. The van der Waals surface area contributed by atoms with Gasteiger partial charge in [-0.2, -0.15) is 0 Å². The number of fused-ring (bicyclic) bond motifs is 1. The number of benzene rings is 2. The van der Waals surface area contributed by atoms with Crippen LogP contribution in [0.1, 0.15) is 25.3 Å². The van der Waals surface area contributed by atoms with Gasteiger partial charge in [0.15, 0.2) is 9.84 Å². The molecule has 0 spiro atoms. The van der Waals surface area contributed by atoms with E-state index in [9.17, 15) is 13.2 Å². The summed E-state index contributed by atoms with van der Waals surface area (Å²) in [5, 5.41) is 0.683. The second-order valence-corrected chi connectivity index (χ2v) is 10.6. The van der Waals surface area contributed by atoms with Gasteiger partial charge in [0.1, 0.15) is 6.10 Å². The second-order valence-electron chi connectivity index (χ2n) is 7.37. The molecule has 1 amide bonds. The maximum Gasteiger partial charge on any atom is 0.274 e. The highest BCUT2D eigenvalue weighted by molar-refractivity contribution is 7.91. The van der Waals surface area contributed by atoms with Crippen molar-refractivity contribution in [1.29, 1.82) is 0 Å². The summed E-state index contributed by atoms with van der Waals surface area (Å²) in [6, 6.07) is 14.6. The highest BCUT2D eigenvalue weighted by Gasteiger charge is 2.25. The normalized spacial score (nSPS) is 15.4. The third-order valence-electron chi connectivity index (χ3n) is 5.35. The van der Waals surface area contributed by atoms with Gasteiger partial charge in [-0.1, -0.05) is 42.5 Å². The highest BCUT2D eigenvalue weighted by atomic mass is 32.2. The molecule has 1 aliphatic rings. The number of aromatic nitrogens is 1. The lowest BCUT2D eigenvalue weighted by molar-refractivity contribution is -0.132. The van der Waals surface area contributed by atoms with Crippen LogP contribution in [0.2, 0.25) is 0 Å². The number of sulfone groups is 1. The molecule has 1 fully saturated rings. The van der Waals surface area contributed by atoms with Crippen molar-refractivity contribution in [1.82, 2.24) is 9.88 Å². The van der Waals surface area contributed by atoms with Crippen LogP contribution < -0.4 is 4.74 Å². The summed E-state index contributed by atoms with van der Waals surface area (Å²) in [6.45, 7) is 2.92. The third kappa shape index (κ3) is 4.65. The zero-order valence-corrected chi connectivity index (χ0v) is 18.4. The lowest BCUT2D eigenvalue weighted by Crippen LogP contribution is -2.42. The van der Waals surface area contributed by atoms with Crippen LogP contribution in [0.3, 0.4) is 0 Å². The fourth-order valence-electron chi connectivity index (χ4n) is 3.53.